The van der Waals surface area contributed by atoms with Gasteiger partial charge in [-0.05, 0) is 25.0 Å². The minimum absolute atomic E-state index is 0.151. The summed E-state index contributed by atoms with van der Waals surface area (Å²) in [4.78, 5) is 7.97. The third-order valence-electron chi connectivity index (χ3n) is 2.70. The number of hydrogen-bond donors (Lipinski definition) is 1. The molecular formula is C13H15N3. The van der Waals surface area contributed by atoms with E-state index in [2.05, 4.69) is 42.0 Å². The van der Waals surface area contributed by atoms with Gasteiger partial charge in [0.25, 0.3) is 0 Å². The van der Waals surface area contributed by atoms with E-state index in [-0.39, 0.29) is 6.04 Å². The van der Waals surface area contributed by atoms with Crippen LogP contribution in [0.15, 0.2) is 36.9 Å². The molecule has 2 aromatic rings. The van der Waals surface area contributed by atoms with E-state index in [0.29, 0.717) is 0 Å². The summed E-state index contributed by atoms with van der Waals surface area (Å²) in [7, 11) is 0. The maximum Gasteiger partial charge on any atom is 0.115 e. The molecule has 3 nitrogen and oxygen atoms in total. The Kier molecular flexibility index (Phi) is 2.97. The third-order valence-corrected chi connectivity index (χ3v) is 2.70. The number of benzene rings is 1. The van der Waals surface area contributed by atoms with Crippen LogP contribution in [0.5, 0.6) is 0 Å². The lowest BCUT2D eigenvalue weighted by Gasteiger charge is -2.14. The van der Waals surface area contributed by atoms with E-state index in [1.54, 1.807) is 12.4 Å². The van der Waals surface area contributed by atoms with E-state index in [1.807, 2.05) is 0 Å². The van der Waals surface area contributed by atoms with Crippen LogP contribution in [0.4, 0.5) is 0 Å². The monoisotopic (exact) mass is 213 g/mol. The van der Waals surface area contributed by atoms with Crippen molar-refractivity contribution in [2.75, 3.05) is 0 Å². The van der Waals surface area contributed by atoms with Gasteiger partial charge in [0.15, 0.2) is 0 Å². The van der Waals surface area contributed by atoms with Gasteiger partial charge in [0.1, 0.15) is 6.33 Å². The van der Waals surface area contributed by atoms with E-state index in [0.717, 1.165) is 11.1 Å². The first kappa shape index (κ1) is 10.8. The number of nitrogens with two attached hydrogens (primary N) is 1. The SMILES string of the molecule is Cc1ccc(C(N)c2cncnc2)c(C)c1. The van der Waals surface area contributed by atoms with Crippen molar-refractivity contribution in [3.8, 4) is 0 Å². The summed E-state index contributed by atoms with van der Waals surface area (Å²) in [6, 6.07) is 6.13. The molecule has 16 heavy (non-hydrogen) atoms. The Morgan fingerprint density at radius 1 is 1.12 bits per heavy atom. The summed E-state index contributed by atoms with van der Waals surface area (Å²) in [5, 5.41) is 0. The predicted molar refractivity (Wildman–Crippen MR) is 64.0 cm³/mol. The summed E-state index contributed by atoms with van der Waals surface area (Å²) < 4.78 is 0. The maximum atomic E-state index is 6.19. The van der Waals surface area contributed by atoms with Crippen LogP contribution in [-0.4, -0.2) is 9.97 Å². The van der Waals surface area contributed by atoms with Crippen molar-refractivity contribution in [1.29, 1.82) is 0 Å². The standard InChI is InChI=1S/C13H15N3/c1-9-3-4-12(10(2)5-9)13(14)11-6-15-8-16-7-11/h3-8,13H,14H2,1-2H3. The van der Waals surface area contributed by atoms with Crippen molar-refractivity contribution >= 4 is 0 Å². The first-order valence-corrected chi connectivity index (χ1v) is 5.26. The Hall–Kier alpha value is -1.74. The first-order chi connectivity index (χ1) is 7.68. The minimum atomic E-state index is -0.151. The molecule has 0 saturated carbocycles. The van der Waals surface area contributed by atoms with Crippen LogP contribution in [0.1, 0.15) is 28.3 Å². The molecule has 1 heterocycles. The highest BCUT2D eigenvalue weighted by Crippen LogP contribution is 2.22. The molecule has 1 aromatic heterocycles. The van der Waals surface area contributed by atoms with Crippen molar-refractivity contribution in [1.82, 2.24) is 9.97 Å². The highest BCUT2D eigenvalue weighted by atomic mass is 14.8. The average molecular weight is 213 g/mol. The van der Waals surface area contributed by atoms with Crippen molar-refractivity contribution in [3.05, 3.63) is 59.2 Å². The van der Waals surface area contributed by atoms with E-state index in [9.17, 15) is 0 Å². The number of nitrogens with zero attached hydrogens (tertiary/aromatic N) is 2. The molecule has 0 aliphatic rings. The van der Waals surface area contributed by atoms with Crippen LogP contribution < -0.4 is 5.73 Å². The number of rotatable bonds is 2. The van der Waals surface area contributed by atoms with Crippen LogP contribution in [0.3, 0.4) is 0 Å². The van der Waals surface area contributed by atoms with Gasteiger partial charge in [0, 0.05) is 18.0 Å². The van der Waals surface area contributed by atoms with Crippen LogP contribution in [-0.2, 0) is 0 Å². The van der Waals surface area contributed by atoms with Crippen molar-refractivity contribution in [2.45, 2.75) is 19.9 Å². The summed E-state index contributed by atoms with van der Waals surface area (Å²) in [5.74, 6) is 0. The van der Waals surface area contributed by atoms with Gasteiger partial charge < -0.3 is 5.73 Å². The van der Waals surface area contributed by atoms with Gasteiger partial charge in [-0.3, -0.25) is 0 Å². The largest absolute Gasteiger partial charge is 0.320 e. The highest BCUT2D eigenvalue weighted by Gasteiger charge is 2.11. The fourth-order valence-electron chi connectivity index (χ4n) is 1.83. The highest BCUT2D eigenvalue weighted by molar-refractivity contribution is 5.37. The average Bonchev–Trinajstić information content (AvgIpc) is 2.29. The number of hydrogen-bond acceptors (Lipinski definition) is 3. The quantitative estimate of drug-likeness (QED) is 0.831. The molecule has 0 aliphatic carbocycles. The van der Waals surface area contributed by atoms with E-state index < -0.39 is 0 Å². The minimum Gasteiger partial charge on any atom is -0.320 e. The Morgan fingerprint density at radius 2 is 1.81 bits per heavy atom. The summed E-state index contributed by atoms with van der Waals surface area (Å²) in [6.45, 7) is 4.15. The lowest BCUT2D eigenvalue weighted by molar-refractivity contribution is 0.841. The van der Waals surface area contributed by atoms with Crippen molar-refractivity contribution in [2.24, 2.45) is 5.73 Å². The third kappa shape index (κ3) is 2.09. The van der Waals surface area contributed by atoms with E-state index in [1.165, 1.54) is 17.5 Å². The van der Waals surface area contributed by atoms with E-state index >= 15 is 0 Å². The second-order valence-electron chi connectivity index (χ2n) is 4.01. The molecular weight excluding hydrogens is 198 g/mol. The number of aryl methyl sites for hydroxylation is 2. The molecule has 0 saturated heterocycles. The van der Waals surface area contributed by atoms with Gasteiger partial charge in [0.2, 0.25) is 0 Å². The fourth-order valence-corrected chi connectivity index (χ4v) is 1.83. The summed E-state index contributed by atoms with van der Waals surface area (Å²) in [5.41, 5.74) is 10.7. The molecule has 3 heteroatoms. The Morgan fingerprint density at radius 3 is 2.44 bits per heavy atom. The zero-order valence-corrected chi connectivity index (χ0v) is 9.51. The Balaban J connectivity index is 2.38. The molecule has 0 radical (unpaired) electrons. The molecule has 1 atom stereocenters. The lowest BCUT2D eigenvalue weighted by Crippen LogP contribution is -2.13. The molecule has 0 bridgehead atoms. The van der Waals surface area contributed by atoms with Gasteiger partial charge in [-0.25, -0.2) is 9.97 Å². The van der Waals surface area contributed by atoms with Gasteiger partial charge in [0.05, 0.1) is 6.04 Å². The summed E-state index contributed by atoms with van der Waals surface area (Å²) >= 11 is 0. The van der Waals surface area contributed by atoms with Crippen LogP contribution >= 0.6 is 0 Å². The van der Waals surface area contributed by atoms with Crippen LogP contribution in [0.2, 0.25) is 0 Å². The molecule has 0 fully saturated rings. The molecule has 1 unspecified atom stereocenters. The van der Waals surface area contributed by atoms with Crippen molar-refractivity contribution < 1.29 is 0 Å². The van der Waals surface area contributed by atoms with Gasteiger partial charge in [-0.2, -0.15) is 0 Å². The second kappa shape index (κ2) is 4.41. The van der Waals surface area contributed by atoms with Gasteiger partial charge in [-0.15, -0.1) is 0 Å². The van der Waals surface area contributed by atoms with Crippen LogP contribution in [0.25, 0.3) is 0 Å². The molecule has 1 aromatic carbocycles. The molecule has 0 amide bonds. The zero-order valence-electron chi connectivity index (χ0n) is 9.51. The normalized spacial score (nSPS) is 12.4. The molecule has 82 valence electrons. The lowest BCUT2D eigenvalue weighted by atomic mass is 9.96. The zero-order chi connectivity index (χ0) is 11.5. The molecule has 2 N–H and O–H groups in total. The second-order valence-corrected chi connectivity index (χ2v) is 4.01. The fraction of sp³-hybridized carbons (Fsp3) is 0.231. The molecule has 0 aliphatic heterocycles. The first-order valence-electron chi connectivity index (χ1n) is 5.26. The van der Waals surface area contributed by atoms with Gasteiger partial charge >= 0.3 is 0 Å². The molecule has 0 spiro atoms. The van der Waals surface area contributed by atoms with E-state index in [4.69, 9.17) is 5.73 Å². The smallest absolute Gasteiger partial charge is 0.115 e. The van der Waals surface area contributed by atoms with Gasteiger partial charge in [-0.1, -0.05) is 23.8 Å². The molecule has 2 rings (SSSR count). The number of aromatic nitrogens is 2. The Labute approximate surface area is 95.4 Å². The van der Waals surface area contributed by atoms with Crippen molar-refractivity contribution in [3.63, 3.8) is 0 Å². The summed E-state index contributed by atoms with van der Waals surface area (Å²) in [6.07, 6.45) is 5.03. The maximum absolute atomic E-state index is 6.19. The Bertz CT molecular complexity index is 480. The topological polar surface area (TPSA) is 51.8 Å². The predicted octanol–water partition coefficient (Wildman–Crippen LogP) is 2.14. The van der Waals surface area contributed by atoms with Crippen LogP contribution in [0, 0.1) is 13.8 Å².